The maximum Gasteiger partial charge on any atom is 0.282 e. The monoisotopic (exact) mass is 303 g/mol. The van der Waals surface area contributed by atoms with Crippen LogP contribution in [0.1, 0.15) is 34.1 Å². The molecule has 8 nitrogen and oxygen atoms in total. The van der Waals surface area contributed by atoms with E-state index in [1.807, 2.05) is 0 Å². The van der Waals surface area contributed by atoms with E-state index in [2.05, 4.69) is 0 Å². The third-order valence-corrected chi connectivity index (χ3v) is 4.09. The lowest BCUT2D eigenvalue weighted by Gasteiger charge is -2.22. The molecule has 1 aromatic carbocycles. The summed E-state index contributed by atoms with van der Waals surface area (Å²) in [6, 6.07) is 3.59. The molecule has 2 aliphatic heterocycles. The van der Waals surface area contributed by atoms with E-state index < -0.39 is 22.8 Å². The maximum atomic E-state index is 12.5. The number of hydrogen-bond acceptors (Lipinski definition) is 5. The third-order valence-electron chi connectivity index (χ3n) is 4.09. The lowest BCUT2D eigenvalue weighted by atomic mass is 10.1. The van der Waals surface area contributed by atoms with Crippen molar-refractivity contribution in [1.82, 2.24) is 9.80 Å². The molecule has 2 heterocycles. The largest absolute Gasteiger partial charge is 0.341 e. The van der Waals surface area contributed by atoms with Crippen LogP contribution in [0, 0.1) is 10.1 Å². The summed E-state index contributed by atoms with van der Waals surface area (Å²) < 4.78 is 0. The number of imide groups is 1. The SMILES string of the molecule is CC(=O)N1CC[C@H](N2C(=O)c3cccc([N+](=O)[O-])c3C2=O)C1. The van der Waals surface area contributed by atoms with Gasteiger partial charge in [0.05, 0.1) is 16.5 Å². The van der Waals surface area contributed by atoms with Crippen LogP contribution >= 0.6 is 0 Å². The minimum Gasteiger partial charge on any atom is -0.341 e. The first kappa shape index (κ1) is 14.2. The van der Waals surface area contributed by atoms with Gasteiger partial charge in [-0.2, -0.15) is 0 Å². The second-order valence-electron chi connectivity index (χ2n) is 5.34. The average Bonchev–Trinajstić information content (AvgIpc) is 3.04. The number of carbonyl (C=O) groups is 3. The second kappa shape index (κ2) is 4.90. The minimum absolute atomic E-state index is 0.0560. The van der Waals surface area contributed by atoms with E-state index in [1.165, 1.54) is 25.1 Å². The number of rotatable bonds is 2. The maximum absolute atomic E-state index is 12.5. The number of fused-ring (bicyclic) bond motifs is 1. The van der Waals surface area contributed by atoms with Gasteiger partial charge in [-0.25, -0.2) is 0 Å². The summed E-state index contributed by atoms with van der Waals surface area (Å²) in [6.07, 6.45) is 0.485. The molecule has 0 aromatic heterocycles. The molecule has 0 aliphatic carbocycles. The lowest BCUT2D eigenvalue weighted by Crippen LogP contribution is -2.42. The molecule has 0 bridgehead atoms. The van der Waals surface area contributed by atoms with Crippen molar-refractivity contribution in [1.29, 1.82) is 0 Å². The van der Waals surface area contributed by atoms with Gasteiger partial charge >= 0.3 is 0 Å². The molecule has 2 aliphatic rings. The zero-order valence-electron chi connectivity index (χ0n) is 11.8. The van der Waals surface area contributed by atoms with Gasteiger partial charge in [0.25, 0.3) is 17.5 Å². The molecule has 1 saturated heterocycles. The molecule has 0 saturated carbocycles. The van der Waals surface area contributed by atoms with Crippen molar-refractivity contribution in [2.24, 2.45) is 0 Å². The number of benzene rings is 1. The van der Waals surface area contributed by atoms with Crippen LogP contribution in [0.25, 0.3) is 0 Å². The Bertz CT molecular complexity index is 714. The Kier molecular flexibility index (Phi) is 3.16. The fraction of sp³-hybridized carbons (Fsp3) is 0.357. The van der Waals surface area contributed by atoms with Crippen molar-refractivity contribution in [3.63, 3.8) is 0 Å². The van der Waals surface area contributed by atoms with Gasteiger partial charge < -0.3 is 4.90 Å². The van der Waals surface area contributed by atoms with Gasteiger partial charge in [-0.3, -0.25) is 29.4 Å². The summed E-state index contributed by atoms with van der Waals surface area (Å²) in [7, 11) is 0. The van der Waals surface area contributed by atoms with E-state index in [9.17, 15) is 24.5 Å². The summed E-state index contributed by atoms with van der Waals surface area (Å²) in [5, 5.41) is 11.1. The van der Waals surface area contributed by atoms with Gasteiger partial charge in [-0.15, -0.1) is 0 Å². The Morgan fingerprint density at radius 2 is 2.05 bits per heavy atom. The first-order chi connectivity index (χ1) is 10.4. The molecule has 1 aromatic rings. The smallest absolute Gasteiger partial charge is 0.282 e. The first-order valence-corrected chi connectivity index (χ1v) is 6.82. The van der Waals surface area contributed by atoms with Crippen LogP contribution in [0.2, 0.25) is 0 Å². The number of amides is 3. The topological polar surface area (TPSA) is 101 Å². The number of nitrogens with zero attached hydrogens (tertiary/aromatic N) is 3. The number of carbonyl (C=O) groups excluding carboxylic acids is 3. The quantitative estimate of drug-likeness (QED) is 0.457. The van der Waals surface area contributed by atoms with Gasteiger partial charge in [0.2, 0.25) is 5.91 Å². The Balaban J connectivity index is 1.96. The summed E-state index contributed by atoms with van der Waals surface area (Å²) in [4.78, 5) is 49.3. The molecule has 0 spiro atoms. The van der Waals surface area contributed by atoms with Crippen LogP contribution < -0.4 is 0 Å². The van der Waals surface area contributed by atoms with Crippen molar-refractivity contribution in [3.05, 3.63) is 39.4 Å². The van der Waals surface area contributed by atoms with Crippen molar-refractivity contribution >= 4 is 23.4 Å². The molecule has 0 unspecified atom stereocenters. The second-order valence-corrected chi connectivity index (χ2v) is 5.34. The van der Waals surface area contributed by atoms with Gasteiger partial charge in [-0.1, -0.05) is 6.07 Å². The predicted molar refractivity (Wildman–Crippen MR) is 74.3 cm³/mol. The molecule has 3 amide bonds. The fourth-order valence-corrected chi connectivity index (χ4v) is 3.01. The van der Waals surface area contributed by atoms with Crippen LogP contribution in [0.15, 0.2) is 18.2 Å². The van der Waals surface area contributed by atoms with Crippen LogP contribution in [0.5, 0.6) is 0 Å². The van der Waals surface area contributed by atoms with E-state index in [4.69, 9.17) is 0 Å². The van der Waals surface area contributed by atoms with Crippen molar-refractivity contribution in [3.8, 4) is 0 Å². The number of hydrogen-bond donors (Lipinski definition) is 0. The molecule has 114 valence electrons. The van der Waals surface area contributed by atoms with E-state index in [0.717, 1.165) is 4.90 Å². The van der Waals surface area contributed by atoms with Crippen LogP contribution in [-0.2, 0) is 4.79 Å². The third kappa shape index (κ3) is 1.95. The highest BCUT2D eigenvalue weighted by molar-refractivity contribution is 6.23. The van der Waals surface area contributed by atoms with Crippen LogP contribution in [0.3, 0.4) is 0 Å². The Morgan fingerprint density at radius 3 is 2.64 bits per heavy atom. The summed E-state index contributed by atoms with van der Waals surface area (Å²) in [5.41, 5.74) is -0.459. The predicted octanol–water partition coefficient (Wildman–Crippen LogP) is 0.812. The standard InChI is InChI=1S/C14H13N3O5/c1-8(18)15-6-5-9(7-15)16-13(19)10-3-2-4-11(17(21)22)12(10)14(16)20/h2-4,9H,5-7H2,1H3/t9-/m0/s1. The molecule has 0 N–H and O–H groups in total. The van der Waals surface area contributed by atoms with E-state index >= 15 is 0 Å². The molecular formula is C14H13N3O5. The van der Waals surface area contributed by atoms with Gasteiger partial charge in [0.15, 0.2) is 0 Å². The summed E-state index contributed by atoms with van der Waals surface area (Å²) >= 11 is 0. The van der Waals surface area contributed by atoms with E-state index in [0.29, 0.717) is 13.0 Å². The van der Waals surface area contributed by atoms with Crippen LogP contribution in [-0.4, -0.2) is 51.6 Å². The number of nitro groups is 1. The molecule has 22 heavy (non-hydrogen) atoms. The zero-order valence-corrected chi connectivity index (χ0v) is 11.8. The normalized spacial score (nSPS) is 20.5. The van der Waals surface area contributed by atoms with Gasteiger partial charge in [0.1, 0.15) is 5.56 Å². The molecule has 3 rings (SSSR count). The fourth-order valence-electron chi connectivity index (χ4n) is 3.01. The molecule has 1 atom stereocenters. The molecule has 8 heteroatoms. The Hall–Kier alpha value is -2.77. The molecule has 1 fully saturated rings. The summed E-state index contributed by atoms with van der Waals surface area (Å²) in [6.45, 7) is 2.17. The lowest BCUT2D eigenvalue weighted by molar-refractivity contribution is -0.385. The van der Waals surface area contributed by atoms with Crippen LogP contribution in [0.4, 0.5) is 5.69 Å². The Labute approximate surface area is 125 Å². The number of nitro benzene ring substituents is 1. The van der Waals surface area contributed by atoms with E-state index in [-0.39, 0.29) is 29.3 Å². The van der Waals surface area contributed by atoms with Crippen molar-refractivity contribution < 1.29 is 19.3 Å². The first-order valence-electron chi connectivity index (χ1n) is 6.82. The minimum atomic E-state index is -0.663. The average molecular weight is 303 g/mol. The molecule has 0 radical (unpaired) electrons. The molecular weight excluding hydrogens is 290 g/mol. The highest BCUT2D eigenvalue weighted by Gasteiger charge is 2.45. The highest BCUT2D eigenvalue weighted by atomic mass is 16.6. The van der Waals surface area contributed by atoms with Gasteiger partial charge in [0, 0.05) is 26.1 Å². The summed E-state index contributed by atoms with van der Waals surface area (Å²) in [5.74, 6) is -1.30. The zero-order chi connectivity index (χ0) is 16.0. The van der Waals surface area contributed by atoms with Crippen molar-refractivity contribution in [2.45, 2.75) is 19.4 Å². The number of likely N-dealkylation sites (tertiary alicyclic amines) is 1. The van der Waals surface area contributed by atoms with Gasteiger partial charge in [-0.05, 0) is 12.5 Å². The Morgan fingerprint density at radius 1 is 1.32 bits per heavy atom. The van der Waals surface area contributed by atoms with E-state index in [1.54, 1.807) is 4.90 Å². The highest BCUT2D eigenvalue weighted by Crippen LogP contribution is 2.33. The van der Waals surface area contributed by atoms with Crippen molar-refractivity contribution in [2.75, 3.05) is 13.1 Å².